The zero-order valence-electron chi connectivity index (χ0n) is 31.6. The van der Waals surface area contributed by atoms with Crippen LogP contribution in [-0.4, -0.2) is 86.2 Å². The van der Waals surface area contributed by atoms with Gasteiger partial charge in [-0.3, -0.25) is 49.2 Å². The van der Waals surface area contributed by atoms with Gasteiger partial charge in [0.25, 0.3) is 0 Å². The Labute approximate surface area is 331 Å². The van der Waals surface area contributed by atoms with Gasteiger partial charge in [-0.1, -0.05) is 36.4 Å². The van der Waals surface area contributed by atoms with Crippen molar-refractivity contribution in [3.05, 3.63) is 146 Å². The second kappa shape index (κ2) is 25.2. The van der Waals surface area contributed by atoms with Gasteiger partial charge in [0.2, 0.25) is 12.8 Å². The van der Waals surface area contributed by atoms with Crippen LogP contribution in [0.2, 0.25) is 0 Å². The Morgan fingerprint density at radius 2 is 0.544 bits per heavy atom. The Hall–Kier alpha value is -6.94. The molecule has 21 heteroatoms. The molecule has 19 nitrogen and oxygen atoms in total. The highest BCUT2D eigenvalue weighted by Crippen LogP contribution is 2.45. The minimum atomic E-state index is -3.32. The number of carbonyl (C=O) groups excluding carboxylic acids is 2. The van der Waals surface area contributed by atoms with E-state index in [2.05, 4.69) is 60.4 Å². The lowest BCUT2D eigenvalue weighted by Crippen LogP contribution is -2.15. The normalized spacial score (nSPS) is 9.89. The van der Waals surface area contributed by atoms with Crippen molar-refractivity contribution in [2.45, 2.75) is 0 Å². The van der Waals surface area contributed by atoms with Crippen molar-refractivity contribution in [2.75, 3.05) is 58.7 Å². The minimum Gasteiger partial charge on any atom is -0.412 e. The highest BCUT2D eigenvalue weighted by atomic mass is 31.2. The van der Waals surface area contributed by atoms with Gasteiger partial charge >= 0.3 is 15.2 Å². The third-order valence-electron chi connectivity index (χ3n) is 6.04. The molecule has 0 bridgehead atoms. The summed E-state index contributed by atoms with van der Waals surface area (Å²) in [6.07, 6.45) is 11.2. The number of carbonyl (C=O) groups is 2. The third-order valence-corrected chi connectivity index (χ3v) is 9.31. The van der Waals surface area contributed by atoms with Crippen LogP contribution in [-0.2, 0) is 18.7 Å². The van der Waals surface area contributed by atoms with Gasteiger partial charge in [-0.2, -0.15) is 0 Å². The number of rotatable bonds is 14. The van der Waals surface area contributed by atoms with Gasteiger partial charge in [-0.15, -0.1) is 0 Å². The van der Waals surface area contributed by atoms with Crippen molar-refractivity contribution in [1.29, 1.82) is 0 Å². The molecule has 0 aliphatic rings. The van der Waals surface area contributed by atoms with Crippen molar-refractivity contribution in [3.63, 3.8) is 0 Å². The summed E-state index contributed by atoms with van der Waals surface area (Å²) in [5, 5.41) is 17.4. The number of anilines is 6. The summed E-state index contributed by atoms with van der Waals surface area (Å²) in [5.74, 6) is 2.85. The van der Waals surface area contributed by atoms with Gasteiger partial charge in [0.05, 0.1) is 0 Å². The average Bonchev–Trinajstić information content (AvgIpc) is 3.20. The molecule has 0 fully saturated rings. The van der Waals surface area contributed by atoms with E-state index in [4.69, 9.17) is 0 Å². The molecule has 0 unspecified atom stereocenters. The van der Waals surface area contributed by atoms with Crippen molar-refractivity contribution in [1.82, 2.24) is 39.7 Å². The third kappa shape index (κ3) is 19.3. The highest BCUT2D eigenvalue weighted by molar-refractivity contribution is 7.68. The largest absolute Gasteiger partial charge is 0.412 e. The van der Waals surface area contributed by atoms with Crippen LogP contribution in [0.3, 0.4) is 0 Å². The Morgan fingerprint density at radius 1 is 0.386 bits per heavy atom. The van der Waals surface area contributed by atoms with Gasteiger partial charge < -0.3 is 15.3 Å². The van der Waals surface area contributed by atoms with Gasteiger partial charge in [-0.25, -0.2) is 29.9 Å². The fourth-order valence-electron chi connectivity index (χ4n) is 3.71. The number of nitrogens with zero attached hydrogens (tertiary/aromatic N) is 8. The van der Waals surface area contributed by atoms with Crippen molar-refractivity contribution < 1.29 is 24.2 Å². The SMILES string of the molecule is CN(C)C=O.CN(C)C=O.O.O=P(Nc1ccccn1)(Nc1ccccn1)Nc1ccccn1.O=P(Nc1ccccn1)(Nc1ccccn1)Nc1ccccn1. The first-order valence-electron chi connectivity index (χ1n) is 16.6. The Bertz CT molecular complexity index is 1700. The van der Waals surface area contributed by atoms with Gasteiger partial charge in [0, 0.05) is 65.4 Å². The van der Waals surface area contributed by atoms with Crippen LogP contribution < -0.4 is 30.5 Å². The summed E-state index contributed by atoms with van der Waals surface area (Å²) in [6.45, 7) is 0. The molecule has 8 N–H and O–H groups in total. The van der Waals surface area contributed by atoms with Crippen molar-refractivity contribution in [3.8, 4) is 0 Å². The molecular formula is C36H46N14O5P2. The topological polar surface area (TPSA) is 256 Å². The smallest absolute Gasteiger partial charge is 0.356 e. The Balaban J connectivity index is 0.000000314. The van der Waals surface area contributed by atoms with E-state index in [-0.39, 0.29) is 5.48 Å². The van der Waals surface area contributed by atoms with Gasteiger partial charge in [-0.05, 0) is 72.8 Å². The number of hydrogen-bond donors (Lipinski definition) is 6. The maximum Gasteiger partial charge on any atom is 0.356 e. The summed E-state index contributed by atoms with van der Waals surface area (Å²) in [5.41, 5.74) is 0. The molecule has 6 heterocycles. The molecule has 0 spiro atoms. The summed E-state index contributed by atoms with van der Waals surface area (Å²) >= 11 is 0. The standard InChI is InChI=1S/2C15H15N6OP.2C3H7NO.H2O/c2*22-23(19-13-7-1-4-10-16-13,20-14-8-2-5-11-17-14)21-15-9-3-6-12-18-15;2*1-4(2)3-5;/h2*1-12H,(H3,16,17,18,19,20,21,22);2*3H,1-2H3;1H2. The van der Waals surface area contributed by atoms with Crippen LogP contribution in [0.1, 0.15) is 0 Å². The number of pyridine rings is 6. The van der Waals surface area contributed by atoms with Crippen LogP contribution in [0, 0.1) is 0 Å². The number of nitrogens with one attached hydrogen (secondary N) is 6. The average molecular weight is 817 g/mol. The van der Waals surface area contributed by atoms with Crippen molar-refractivity contribution in [2.24, 2.45) is 0 Å². The predicted octanol–water partition coefficient (Wildman–Crippen LogP) is 5.82. The summed E-state index contributed by atoms with van der Waals surface area (Å²) in [7, 11) is 0.105. The van der Waals surface area contributed by atoms with Crippen LogP contribution >= 0.6 is 15.2 Å². The molecule has 0 aliphatic carbocycles. The summed E-state index contributed by atoms with van der Waals surface area (Å²) in [4.78, 5) is 46.6. The van der Waals surface area contributed by atoms with E-state index in [1.54, 1.807) is 175 Å². The zero-order valence-corrected chi connectivity index (χ0v) is 33.4. The molecule has 6 rings (SSSR count). The molecule has 0 saturated carbocycles. The monoisotopic (exact) mass is 816 g/mol. The Morgan fingerprint density at radius 3 is 0.649 bits per heavy atom. The molecule has 300 valence electrons. The number of hydrogen-bond acceptors (Lipinski definition) is 10. The fourth-order valence-corrected chi connectivity index (χ4v) is 6.77. The second-order valence-corrected chi connectivity index (χ2v) is 15.1. The van der Waals surface area contributed by atoms with E-state index >= 15 is 0 Å². The first kappa shape index (κ1) is 46.2. The van der Waals surface area contributed by atoms with Crippen LogP contribution in [0.5, 0.6) is 0 Å². The van der Waals surface area contributed by atoms with Crippen LogP contribution in [0.25, 0.3) is 0 Å². The zero-order chi connectivity index (χ0) is 40.5. The molecule has 0 radical (unpaired) electrons. The number of amides is 2. The molecule has 6 aromatic rings. The quantitative estimate of drug-likeness (QED) is 0.0560. The molecule has 6 aromatic heterocycles. The lowest BCUT2D eigenvalue weighted by molar-refractivity contribution is -0.116. The van der Waals surface area contributed by atoms with Gasteiger partial charge in [0.15, 0.2) is 0 Å². The van der Waals surface area contributed by atoms with E-state index in [0.717, 1.165) is 12.8 Å². The first-order valence-corrected chi connectivity index (χ1v) is 20.0. The highest BCUT2D eigenvalue weighted by Gasteiger charge is 2.25. The van der Waals surface area contributed by atoms with E-state index in [1.807, 2.05) is 0 Å². The molecule has 57 heavy (non-hydrogen) atoms. The molecular weight excluding hydrogens is 770 g/mol. The predicted molar refractivity (Wildman–Crippen MR) is 225 cm³/mol. The molecule has 0 atom stereocenters. The van der Waals surface area contributed by atoms with Crippen molar-refractivity contribution >= 4 is 62.9 Å². The lowest BCUT2D eigenvalue weighted by Gasteiger charge is -2.22. The van der Waals surface area contributed by atoms with Crippen LogP contribution in [0.15, 0.2) is 146 Å². The summed E-state index contributed by atoms with van der Waals surface area (Å²) in [6, 6.07) is 31.9. The van der Waals surface area contributed by atoms with E-state index < -0.39 is 15.2 Å². The summed E-state index contributed by atoms with van der Waals surface area (Å²) < 4.78 is 26.5. The Kier molecular flexibility index (Phi) is 20.4. The first-order chi connectivity index (χ1) is 27.0. The fraction of sp³-hybridized carbons (Fsp3) is 0.111. The van der Waals surface area contributed by atoms with E-state index in [0.29, 0.717) is 34.9 Å². The molecule has 0 saturated heterocycles. The van der Waals surface area contributed by atoms with Gasteiger partial charge in [0.1, 0.15) is 34.9 Å². The van der Waals surface area contributed by atoms with Crippen LogP contribution in [0.4, 0.5) is 34.9 Å². The number of aromatic nitrogens is 6. The maximum absolute atomic E-state index is 13.3. The molecule has 0 aromatic carbocycles. The minimum absolute atomic E-state index is 0. The maximum atomic E-state index is 13.3. The van der Waals surface area contributed by atoms with E-state index in [9.17, 15) is 18.7 Å². The molecule has 0 aliphatic heterocycles. The lowest BCUT2D eigenvalue weighted by atomic mass is 10.5. The molecule has 2 amide bonds. The van der Waals surface area contributed by atoms with E-state index in [1.165, 1.54) is 9.80 Å². The second-order valence-electron chi connectivity index (χ2n) is 11.3.